The molecule has 1 aromatic heterocycles. The molecule has 0 fully saturated rings. The van der Waals surface area contributed by atoms with Crippen molar-refractivity contribution in [3.63, 3.8) is 0 Å². The molecule has 5 nitrogen and oxygen atoms in total. The number of carbonyl (C=O) groups is 2. The van der Waals surface area contributed by atoms with E-state index in [2.05, 4.69) is 4.98 Å². The summed E-state index contributed by atoms with van der Waals surface area (Å²) >= 11 is 0. The van der Waals surface area contributed by atoms with Gasteiger partial charge in [-0.05, 0) is 42.8 Å². The van der Waals surface area contributed by atoms with Gasteiger partial charge in [-0.1, -0.05) is 0 Å². The summed E-state index contributed by atoms with van der Waals surface area (Å²) in [5, 5.41) is 8.76. The van der Waals surface area contributed by atoms with E-state index in [9.17, 15) is 9.59 Å². The Morgan fingerprint density at radius 2 is 1.90 bits per heavy atom. The minimum atomic E-state index is -0.935. The number of ether oxygens (including phenoxy) is 1. The van der Waals surface area contributed by atoms with Crippen LogP contribution in [0.2, 0.25) is 0 Å². The van der Waals surface area contributed by atoms with E-state index in [0.717, 1.165) is 5.56 Å². The fourth-order valence-corrected chi connectivity index (χ4v) is 2.01. The molecular weight excluding hydrogens is 258 g/mol. The van der Waals surface area contributed by atoms with E-state index in [1.807, 2.05) is 0 Å². The second-order valence-corrected chi connectivity index (χ2v) is 4.48. The molecule has 0 aliphatic rings. The Labute approximate surface area is 116 Å². The van der Waals surface area contributed by atoms with Crippen molar-refractivity contribution in [3.8, 4) is 5.75 Å². The first kappa shape index (κ1) is 13.9. The summed E-state index contributed by atoms with van der Waals surface area (Å²) < 4.78 is 5.04. The van der Waals surface area contributed by atoms with Crippen molar-refractivity contribution in [2.75, 3.05) is 7.11 Å². The quantitative estimate of drug-likeness (QED) is 0.818. The van der Waals surface area contributed by atoms with Crippen molar-refractivity contribution in [2.24, 2.45) is 0 Å². The SMILES string of the molecule is COc1ccc(C(=O)c2[nH]c(CC(=O)O)cc2C)cc1. The number of H-pyrrole nitrogens is 1. The number of ketones is 1. The lowest BCUT2D eigenvalue weighted by atomic mass is 10.1. The number of carboxylic acids is 1. The fraction of sp³-hybridized carbons (Fsp3) is 0.200. The highest BCUT2D eigenvalue weighted by atomic mass is 16.5. The van der Waals surface area contributed by atoms with Crippen molar-refractivity contribution in [2.45, 2.75) is 13.3 Å². The number of nitrogens with one attached hydrogen (secondary N) is 1. The van der Waals surface area contributed by atoms with Gasteiger partial charge in [-0.3, -0.25) is 9.59 Å². The van der Waals surface area contributed by atoms with E-state index in [4.69, 9.17) is 9.84 Å². The summed E-state index contributed by atoms with van der Waals surface area (Å²) in [5.41, 5.74) is 2.21. The van der Waals surface area contributed by atoms with Crippen molar-refractivity contribution in [3.05, 3.63) is 52.8 Å². The predicted molar refractivity (Wildman–Crippen MR) is 73.3 cm³/mol. The lowest BCUT2D eigenvalue weighted by Crippen LogP contribution is -2.05. The van der Waals surface area contributed by atoms with Crippen LogP contribution < -0.4 is 4.74 Å². The third kappa shape index (κ3) is 2.88. The Kier molecular flexibility index (Phi) is 3.89. The molecule has 0 atom stereocenters. The number of aryl methyl sites for hydroxylation is 1. The second kappa shape index (κ2) is 5.61. The highest BCUT2D eigenvalue weighted by molar-refractivity contribution is 6.08. The molecule has 104 valence electrons. The Hall–Kier alpha value is -2.56. The fourth-order valence-electron chi connectivity index (χ4n) is 2.01. The average Bonchev–Trinajstić information content (AvgIpc) is 2.78. The standard InChI is InChI=1S/C15H15NO4/c1-9-7-11(8-13(17)18)16-14(9)15(19)10-3-5-12(20-2)6-4-10/h3-7,16H,8H2,1-2H3,(H,17,18). The molecule has 5 heteroatoms. The van der Waals surface area contributed by atoms with E-state index in [1.54, 1.807) is 44.4 Å². The minimum absolute atomic E-state index is 0.128. The molecule has 20 heavy (non-hydrogen) atoms. The third-order valence-corrected chi connectivity index (χ3v) is 2.99. The van der Waals surface area contributed by atoms with Crippen LogP contribution >= 0.6 is 0 Å². The summed E-state index contributed by atoms with van der Waals surface area (Å²) in [6, 6.07) is 8.47. The number of aliphatic carboxylic acids is 1. The first-order valence-corrected chi connectivity index (χ1v) is 6.10. The van der Waals surface area contributed by atoms with Gasteiger partial charge in [-0.2, -0.15) is 0 Å². The van der Waals surface area contributed by atoms with Gasteiger partial charge in [0.2, 0.25) is 5.78 Å². The van der Waals surface area contributed by atoms with Crippen molar-refractivity contribution >= 4 is 11.8 Å². The first-order chi connectivity index (χ1) is 9.51. The monoisotopic (exact) mass is 273 g/mol. The highest BCUT2D eigenvalue weighted by Gasteiger charge is 2.16. The van der Waals surface area contributed by atoms with E-state index < -0.39 is 5.97 Å². The van der Waals surface area contributed by atoms with Crippen LogP contribution in [0, 0.1) is 6.92 Å². The molecule has 0 amide bonds. The Morgan fingerprint density at radius 1 is 1.25 bits per heavy atom. The Balaban J connectivity index is 2.27. The van der Waals surface area contributed by atoms with Gasteiger partial charge in [0.25, 0.3) is 0 Å². The molecule has 1 aromatic carbocycles. The predicted octanol–water partition coefficient (Wildman–Crippen LogP) is 2.19. The van der Waals surface area contributed by atoms with Crippen LogP contribution in [0.25, 0.3) is 0 Å². The molecule has 0 spiro atoms. The first-order valence-electron chi connectivity index (χ1n) is 6.10. The molecule has 0 saturated carbocycles. The normalized spacial score (nSPS) is 10.3. The summed E-state index contributed by atoms with van der Waals surface area (Å²) in [6.45, 7) is 1.78. The van der Waals surface area contributed by atoms with Crippen molar-refractivity contribution < 1.29 is 19.4 Å². The summed E-state index contributed by atoms with van der Waals surface area (Å²) in [7, 11) is 1.56. The van der Waals surface area contributed by atoms with Gasteiger partial charge in [-0.15, -0.1) is 0 Å². The molecule has 1 heterocycles. The lowest BCUT2D eigenvalue weighted by Gasteiger charge is -2.03. The van der Waals surface area contributed by atoms with Crippen LogP contribution in [-0.2, 0) is 11.2 Å². The van der Waals surface area contributed by atoms with E-state index in [0.29, 0.717) is 22.7 Å². The van der Waals surface area contributed by atoms with E-state index in [1.165, 1.54) is 0 Å². The number of hydrogen-bond donors (Lipinski definition) is 2. The maximum atomic E-state index is 12.3. The van der Waals surface area contributed by atoms with Crippen LogP contribution in [0.5, 0.6) is 5.75 Å². The zero-order valence-corrected chi connectivity index (χ0v) is 11.3. The topological polar surface area (TPSA) is 79.4 Å². The van der Waals surface area contributed by atoms with E-state index >= 15 is 0 Å². The summed E-state index contributed by atoms with van der Waals surface area (Å²) in [6.07, 6.45) is -0.128. The lowest BCUT2D eigenvalue weighted by molar-refractivity contribution is -0.136. The molecule has 0 radical (unpaired) electrons. The molecule has 0 bridgehead atoms. The van der Waals surface area contributed by atoms with Gasteiger partial charge in [0, 0.05) is 11.3 Å². The molecule has 2 rings (SSSR count). The largest absolute Gasteiger partial charge is 0.497 e. The van der Waals surface area contributed by atoms with Crippen LogP contribution in [0.4, 0.5) is 0 Å². The van der Waals surface area contributed by atoms with Crippen LogP contribution in [0.15, 0.2) is 30.3 Å². The maximum Gasteiger partial charge on any atom is 0.309 e. The number of carboxylic acid groups (broad SMARTS) is 1. The summed E-state index contributed by atoms with van der Waals surface area (Å²) in [5.74, 6) is -0.423. The number of carbonyl (C=O) groups excluding carboxylic acids is 1. The number of methoxy groups -OCH3 is 1. The summed E-state index contributed by atoms with van der Waals surface area (Å²) in [4.78, 5) is 25.9. The van der Waals surface area contributed by atoms with Crippen LogP contribution in [-0.4, -0.2) is 29.0 Å². The van der Waals surface area contributed by atoms with Gasteiger partial charge in [0.05, 0.1) is 19.2 Å². The van der Waals surface area contributed by atoms with Crippen LogP contribution in [0.3, 0.4) is 0 Å². The zero-order valence-electron chi connectivity index (χ0n) is 11.3. The molecule has 0 unspecified atom stereocenters. The number of benzene rings is 1. The number of aromatic nitrogens is 1. The number of hydrogen-bond acceptors (Lipinski definition) is 3. The Morgan fingerprint density at radius 3 is 2.45 bits per heavy atom. The van der Waals surface area contributed by atoms with Crippen molar-refractivity contribution in [1.29, 1.82) is 0 Å². The maximum absolute atomic E-state index is 12.3. The average molecular weight is 273 g/mol. The number of rotatable bonds is 5. The molecule has 0 aliphatic heterocycles. The van der Waals surface area contributed by atoms with Gasteiger partial charge >= 0.3 is 5.97 Å². The molecule has 0 saturated heterocycles. The molecule has 2 N–H and O–H groups in total. The van der Waals surface area contributed by atoms with Gasteiger partial charge in [0.15, 0.2) is 0 Å². The molecule has 0 aliphatic carbocycles. The third-order valence-electron chi connectivity index (χ3n) is 2.99. The van der Waals surface area contributed by atoms with E-state index in [-0.39, 0.29) is 12.2 Å². The minimum Gasteiger partial charge on any atom is -0.497 e. The van der Waals surface area contributed by atoms with Crippen LogP contribution in [0.1, 0.15) is 27.3 Å². The second-order valence-electron chi connectivity index (χ2n) is 4.48. The molecule has 2 aromatic rings. The van der Waals surface area contributed by atoms with Crippen molar-refractivity contribution in [1.82, 2.24) is 4.98 Å². The van der Waals surface area contributed by atoms with Gasteiger partial charge in [-0.25, -0.2) is 0 Å². The van der Waals surface area contributed by atoms with Gasteiger partial charge in [0.1, 0.15) is 5.75 Å². The zero-order chi connectivity index (χ0) is 14.7. The number of aromatic amines is 1. The smallest absolute Gasteiger partial charge is 0.309 e. The Bertz CT molecular complexity index is 640. The highest BCUT2D eigenvalue weighted by Crippen LogP contribution is 2.18. The molecular formula is C15H15NO4. The van der Waals surface area contributed by atoms with Gasteiger partial charge < -0.3 is 14.8 Å².